The number of halogens is 3. The van der Waals surface area contributed by atoms with Gasteiger partial charge in [-0.3, -0.25) is 0 Å². The summed E-state index contributed by atoms with van der Waals surface area (Å²) in [5.41, 5.74) is 4.93. The maximum absolute atomic E-state index is 12.7. The van der Waals surface area contributed by atoms with Crippen LogP contribution in [0.4, 0.5) is 13.2 Å². The predicted molar refractivity (Wildman–Crippen MR) is 59.1 cm³/mol. The quantitative estimate of drug-likeness (QED) is 0.907. The lowest BCUT2D eigenvalue weighted by atomic mass is 10.0. The van der Waals surface area contributed by atoms with Crippen molar-refractivity contribution in [3.8, 4) is 17.2 Å². The van der Waals surface area contributed by atoms with Gasteiger partial charge in [-0.1, -0.05) is 0 Å². The molecule has 7 heteroatoms. The Balaban J connectivity index is 3.40. The maximum atomic E-state index is 12.7. The van der Waals surface area contributed by atoms with E-state index in [4.69, 9.17) is 19.9 Å². The van der Waals surface area contributed by atoms with Crippen molar-refractivity contribution in [2.75, 3.05) is 21.3 Å². The molecule has 0 bridgehead atoms. The highest BCUT2D eigenvalue weighted by molar-refractivity contribution is 5.52. The van der Waals surface area contributed by atoms with Crippen molar-refractivity contribution in [3.63, 3.8) is 0 Å². The molecule has 0 saturated carbocycles. The molecular weight excluding hydrogens is 251 g/mol. The van der Waals surface area contributed by atoms with Crippen LogP contribution in [0.5, 0.6) is 17.2 Å². The standard InChI is InChI=1S/C11H14F3NO3/c1-16-6-4-7(17-2)9(8(5-6)18-3)10(15)11(12,13)14/h4-5,10H,15H2,1-3H3. The van der Waals surface area contributed by atoms with Crippen LogP contribution in [0, 0.1) is 0 Å². The molecule has 1 aromatic rings. The zero-order chi connectivity index (χ0) is 13.9. The molecule has 0 aliphatic carbocycles. The number of benzene rings is 1. The highest BCUT2D eigenvalue weighted by atomic mass is 19.4. The van der Waals surface area contributed by atoms with Crippen LogP contribution in [0.1, 0.15) is 11.6 Å². The van der Waals surface area contributed by atoms with E-state index < -0.39 is 12.2 Å². The molecule has 0 aliphatic heterocycles. The van der Waals surface area contributed by atoms with Crippen molar-refractivity contribution < 1.29 is 27.4 Å². The summed E-state index contributed by atoms with van der Waals surface area (Å²) in [5.74, 6) is 0.258. The van der Waals surface area contributed by atoms with Gasteiger partial charge >= 0.3 is 6.18 Å². The van der Waals surface area contributed by atoms with Crippen LogP contribution in [-0.4, -0.2) is 27.5 Å². The van der Waals surface area contributed by atoms with Crippen LogP contribution in [-0.2, 0) is 0 Å². The van der Waals surface area contributed by atoms with Gasteiger partial charge < -0.3 is 19.9 Å². The average molecular weight is 265 g/mol. The summed E-state index contributed by atoms with van der Waals surface area (Å²) in [6, 6.07) is 0.459. The lowest BCUT2D eigenvalue weighted by Crippen LogP contribution is -2.29. The molecule has 0 fully saturated rings. The monoisotopic (exact) mass is 265 g/mol. The Hall–Kier alpha value is -1.63. The van der Waals surface area contributed by atoms with E-state index in [0.717, 1.165) is 0 Å². The SMILES string of the molecule is COc1cc(OC)c(C(N)C(F)(F)F)c(OC)c1. The first kappa shape index (κ1) is 14.4. The number of hydrogen-bond acceptors (Lipinski definition) is 4. The van der Waals surface area contributed by atoms with Crippen LogP contribution < -0.4 is 19.9 Å². The molecule has 102 valence electrons. The average Bonchev–Trinajstić information content (AvgIpc) is 2.34. The highest BCUT2D eigenvalue weighted by Crippen LogP contribution is 2.43. The second-order valence-electron chi connectivity index (χ2n) is 3.46. The van der Waals surface area contributed by atoms with Crippen molar-refractivity contribution in [3.05, 3.63) is 17.7 Å². The Morgan fingerprint density at radius 2 is 1.44 bits per heavy atom. The molecule has 0 aliphatic rings. The second-order valence-corrected chi connectivity index (χ2v) is 3.46. The summed E-state index contributed by atoms with van der Waals surface area (Å²) >= 11 is 0. The van der Waals surface area contributed by atoms with Crippen LogP contribution in [0.25, 0.3) is 0 Å². The molecule has 0 saturated heterocycles. The van der Waals surface area contributed by atoms with E-state index in [9.17, 15) is 13.2 Å². The number of nitrogens with two attached hydrogens (primary N) is 1. The van der Waals surface area contributed by atoms with Gasteiger partial charge in [0, 0.05) is 12.1 Å². The van der Waals surface area contributed by atoms with E-state index in [0.29, 0.717) is 5.75 Å². The van der Waals surface area contributed by atoms with Crippen molar-refractivity contribution in [2.24, 2.45) is 5.73 Å². The molecule has 1 unspecified atom stereocenters. The maximum Gasteiger partial charge on any atom is 0.407 e. The fraction of sp³-hybridized carbons (Fsp3) is 0.455. The molecule has 0 aromatic heterocycles. The molecule has 0 heterocycles. The van der Waals surface area contributed by atoms with Gasteiger partial charge in [0.15, 0.2) is 0 Å². The first-order chi connectivity index (χ1) is 8.35. The molecule has 1 aromatic carbocycles. The van der Waals surface area contributed by atoms with E-state index in [1.165, 1.54) is 33.5 Å². The summed E-state index contributed by atoms with van der Waals surface area (Å²) in [6.07, 6.45) is -4.59. The summed E-state index contributed by atoms with van der Waals surface area (Å²) in [7, 11) is 3.89. The van der Waals surface area contributed by atoms with Gasteiger partial charge in [0.05, 0.1) is 26.9 Å². The lowest BCUT2D eigenvalue weighted by molar-refractivity contribution is -0.149. The minimum Gasteiger partial charge on any atom is -0.496 e. The third-order valence-electron chi connectivity index (χ3n) is 2.42. The van der Waals surface area contributed by atoms with E-state index in [-0.39, 0.29) is 17.1 Å². The van der Waals surface area contributed by atoms with E-state index in [1.807, 2.05) is 0 Å². The minimum atomic E-state index is -4.59. The van der Waals surface area contributed by atoms with Crippen LogP contribution >= 0.6 is 0 Å². The van der Waals surface area contributed by atoms with E-state index >= 15 is 0 Å². The number of ether oxygens (including phenoxy) is 3. The van der Waals surface area contributed by atoms with Crippen molar-refractivity contribution in [1.82, 2.24) is 0 Å². The molecule has 1 rings (SSSR count). The highest BCUT2D eigenvalue weighted by Gasteiger charge is 2.41. The molecule has 0 amide bonds. The van der Waals surface area contributed by atoms with Crippen molar-refractivity contribution in [1.29, 1.82) is 0 Å². The summed E-state index contributed by atoms with van der Waals surface area (Å²) in [5, 5.41) is 0. The van der Waals surface area contributed by atoms with Crippen LogP contribution in [0.3, 0.4) is 0 Å². The first-order valence-corrected chi connectivity index (χ1v) is 4.97. The Labute approximate surface area is 102 Å². The Kier molecular flexibility index (Phi) is 4.28. The zero-order valence-corrected chi connectivity index (χ0v) is 10.2. The predicted octanol–water partition coefficient (Wildman–Crippen LogP) is 2.27. The summed E-state index contributed by atoms with van der Waals surface area (Å²) in [6.45, 7) is 0. The minimum absolute atomic E-state index is 0.0315. The van der Waals surface area contributed by atoms with Crippen LogP contribution in [0.2, 0.25) is 0 Å². The number of rotatable bonds is 4. The van der Waals surface area contributed by atoms with Crippen molar-refractivity contribution >= 4 is 0 Å². The van der Waals surface area contributed by atoms with Crippen molar-refractivity contribution in [2.45, 2.75) is 12.2 Å². The molecule has 0 spiro atoms. The van der Waals surface area contributed by atoms with Gasteiger partial charge in [-0.05, 0) is 0 Å². The smallest absolute Gasteiger partial charge is 0.407 e. The Morgan fingerprint density at radius 3 is 1.72 bits per heavy atom. The topological polar surface area (TPSA) is 53.7 Å². The number of methoxy groups -OCH3 is 3. The van der Waals surface area contributed by atoms with Gasteiger partial charge in [-0.25, -0.2) is 0 Å². The summed E-state index contributed by atoms with van der Waals surface area (Å²) < 4.78 is 52.8. The fourth-order valence-corrected chi connectivity index (χ4v) is 1.50. The second kappa shape index (κ2) is 5.34. The molecule has 0 radical (unpaired) electrons. The molecule has 1 atom stereocenters. The van der Waals surface area contributed by atoms with Gasteiger partial charge in [0.1, 0.15) is 23.3 Å². The van der Waals surface area contributed by atoms with E-state index in [2.05, 4.69) is 0 Å². The number of alkyl halides is 3. The third kappa shape index (κ3) is 2.79. The molecule has 18 heavy (non-hydrogen) atoms. The Bertz CT molecular complexity index is 395. The van der Waals surface area contributed by atoms with Gasteiger partial charge in [-0.2, -0.15) is 13.2 Å². The lowest BCUT2D eigenvalue weighted by Gasteiger charge is -2.21. The first-order valence-electron chi connectivity index (χ1n) is 4.97. The summed E-state index contributed by atoms with van der Waals surface area (Å²) in [4.78, 5) is 0. The molecule has 4 nitrogen and oxygen atoms in total. The molecular formula is C11H14F3NO3. The van der Waals surface area contributed by atoms with Gasteiger partial charge in [0.25, 0.3) is 0 Å². The van der Waals surface area contributed by atoms with Gasteiger partial charge in [-0.15, -0.1) is 0 Å². The third-order valence-corrected chi connectivity index (χ3v) is 2.42. The van der Waals surface area contributed by atoms with Gasteiger partial charge in [0.2, 0.25) is 0 Å². The number of hydrogen-bond donors (Lipinski definition) is 1. The van der Waals surface area contributed by atoms with E-state index in [1.54, 1.807) is 0 Å². The largest absolute Gasteiger partial charge is 0.496 e. The van der Waals surface area contributed by atoms with Crippen LogP contribution in [0.15, 0.2) is 12.1 Å². The normalized spacial score (nSPS) is 13.1. The molecule has 2 N–H and O–H groups in total. The zero-order valence-electron chi connectivity index (χ0n) is 10.2. The fourth-order valence-electron chi connectivity index (χ4n) is 1.50. The Morgan fingerprint density at radius 1 is 1.00 bits per heavy atom.